The average Bonchev–Trinajstić information content (AvgIpc) is 2.36. The highest BCUT2D eigenvalue weighted by atomic mass is 35.5. The molecule has 0 saturated heterocycles. The highest BCUT2D eigenvalue weighted by Crippen LogP contribution is 2.23. The molecular formula is C15H23ClFNO3. The van der Waals surface area contributed by atoms with Crippen LogP contribution in [0.5, 0.6) is 5.75 Å². The van der Waals surface area contributed by atoms with E-state index in [0.717, 1.165) is 0 Å². The number of halogens is 2. The summed E-state index contributed by atoms with van der Waals surface area (Å²) in [5.41, 5.74) is 5.94. The zero-order valence-electron chi connectivity index (χ0n) is 12.8. The van der Waals surface area contributed by atoms with Crippen LogP contribution in [0, 0.1) is 0 Å². The van der Waals surface area contributed by atoms with Crippen LogP contribution in [0.2, 0.25) is 0 Å². The van der Waals surface area contributed by atoms with Crippen molar-refractivity contribution in [2.75, 3.05) is 6.61 Å². The van der Waals surface area contributed by atoms with E-state index in [1.807, 2.05) is 20.8 Å². The van der Waals surface area contributed by atoms with Gasteiger partial charge in [0.05, 0.1) is 12.6 Å². The predicted molar refractivity (Wildman–Crippen MR) is 82.5 cm³/mol. The van der Waals surface area contributed by atoms with Crippen molar-refractivity contribution in [3.05, 3.63) is 29.8 Å². The molecule has 21 heavy (non-hydrogen) atoms. The quantitative estimate of drug-likeness (QED) is 0.847. The standard InChI is InChI=1S/C15H22FNO3.ClH/c1-5-19-14(18)12(16)13(17)10-6-8-11(9-7-10)20-15(2,3)4;/h6-9,12-13H,5,17H2,1-4H3;1H/t12?,13-;/m0./s1. The van der Waals surface area contributed by atoms with Crippen LogP contribution in [0.4, 0.5) is 4.39 Å². The van der Waals surface area contributed by atoms with Crippen molar-refractivity contribution in [3.63, 3.8) is 0 Å². The van der Waals surface area contributed by atoms with Gasteiger partial charge in [0.15, 0.2) is 0 Å². The topological polar surface area (TPSA) is 61.5 Å². The first-order valence-corrected chi connectivity index (χ1v) is 6.60. The van der Waals surface area contributed by atoms with E-state index < -0.39 is 18.2 Å². The Balaban J connectivity index is 0.00000400. The number of benzene rings is 1. The van der Waals surface area contributed by atoms with Gasteiger partial charge >= 0.3 is 5.97 Å². The second-order valence-corrected chi connectivity index (χ2v) is 5.46. The number of hydrogen-bond acceptors (Lipinski definition) is 4. The highest BCUT2D eigenvalue weighted by molar-refractivity contribution is 5.85. The van der Waals surface area contributed by atoms with Crippen molar-refractivity contribution >= 4 is 18.4 Å². The van der Waals surface area contributed by atoms with E-state index in [1.165, 1.54) is 0 Å². The molecule has 0 fully saturated rings. The second-order valence-electron chi connectivity index (χ2n) is 5.46. The summed E-state index contributed by atoms with van der Waals surface area (Å²) < 4.78 is 24.1. The van der Waals surface area contributed by atoms with Gasteiger partial charge < -0.3 is 15.2 Å². The fourth-order valence-corrected chi connectivity index (χ4v) is 1.65. The van der Waals surface area contributed by atoms with Crippen molar-refractivity contribution in [3.8, 4) is 5.75 Å². The summed E-state index contributed by atoms with van der Waals surface area (Å²) in [6.45, 7) is 7.56. The Kier molecular flexibility index (Phi) is 7.68. The third-order valence-corrected chi connectivity index (χ3v) is 2.52. The lowest BCUT2D eigenvalue weighted by atomic mass is 10.0. The lowest BCUT2D eigenvalue weighted by Gasteiger charge is -2.22. The lowest BCUT2D eigenvalue weighted by molar-refractivity contribution is -0.149. The van der Waals surface area contributed by atoms with Crippen LogP contribution >= 0.6 is 12.4 Å². The minimum absolute atomic E-state index is 0. The molecule has 0 bridgehead atoms. The number of ether oxygens (including phenoxy) is 2. The molecule has 0 aliphatic heterocycles. The molecule has 0 aliphatic rings. The first-order chi connectivity index (χ1) is 9.24. The zero-order chi connectivity index (χ0) is 15.3. The number of esters is 1. The van der Waals surface area contributed by atoms with Gasteiger partial charge in [0.1, 0.15) is 11.4 Å². The van der Waals surface area contributed by atoms with Gasteiger partial charge in [-0.3, -0.25) is 0 Å². The minimum atomic E-state index is -1.87. The monoisotopic (exact) mass is 319 g/mol. The molecule has 0 saturated carbocycles. The van der Waals surface area contributed by atoms with E-state index in [2.05, 4.69) is 4.74 Å². The number of carbonyl (C=O) groups excluding carboxylic acids is 1. The molecule has 1 aromatic rings. The highest BCUT2D eigenvalue weighted by Gasteiger charge is 2.27. The van der Waals surface area contributed by atoms with Crippen molar-refractivity contribution in [1.82, 2.24) is 0 Å². The van der Waals surface area contributed by atoms with Crippen molar-refractivity contribution in [2.45, 2.75) is 45.5 Å². The number of nitrogens with two attached hydrogens (primary N) is 1. The summed E-state index contributed by atoms with van der Waals surface area (Å²) in [7, 11) is 0. The van der Waals surface area contributed by atoms with Gasteiger partial charge in [0.2, 0.25) is 6.17 Å². The second kappa shape index (κ2) is 8.20. The molecule has 120 valence electrons. The Morgan fingerprint density at radius 3 is 2.24 bits per heavy atom. The fourth-order valence-electron chi connectivity index (χ4n) is 1.65. The van der Waals surface area contributed by atoms with E-state index in [4.69, 9.17) is 10.5 Å². The van der Waals surface area contributed by atoms with Crippen molar-refractivity contribution in [1.29, 1.82) is 0 Å². The molecule has 0 amide bonds. The molecule has 1 aromatic carbocycles. The van der Waals surface area contributed by atoms with Gasteiger partial charge in [-0.1, -0.05) is 12.1 Å². The van der Waals surface area contributed by atoms with Gasteiger partial charge in [-0.05, 0) is 45.4 Å². The first kappa shape index (κ1) is 19.7. The number of rotatable bonds is 5. The van der Waals surface area contributed by atoms with Crippen LogP contribution in [0.3, 0.4) is 0 Å². The van der Waals surface area contributed by atoms with Crippen LogP contribution in [0.15, 0.2) is 24.3 Å². The van der Waals surface area contributed by atoms with Gasteiger partial charge in [-0.25, -0.2) is 9.18 Å². The lowest BCUT2D eigenvalue weighted by Crippen LogP contribution is -2.31. The Labute approximate surface area is 131 Å². The van der Waals surface area contributed by atoms with Crippen LogP contribution in [0.25, 0.3) is 0 Å². The minimum Gasteiger partial charge on any atom is -0.488 e. The molecule has 2 N–H and O–H groups in total. The maximum absolute atomic E-state index is 13.8. The van der Waals surface area contributed by atoms with Gasteiger partial charge in [0.25, 0.3) is 0 Å². The Morgan fingerprint density at radius 2 is 1.81 bits per heavy atom. The van der Waals surface area contributed by atoms with E-state index in [0.29, 0.717) is 11.3 Å². The number of carbonyl (C=O) groups is 1. The van der Waals surface area contributed by atoms with E-state index in [1.54, 1.807) is 31.2 Å². The number of hydrogen-bond donors (Lipinski definition) is 1. The smallest absolute Gasteiger partial charge is 0.342 e. The van der Waals surface area contributed by atoms with Gasteiger partial charge in [-0.15, -0.1) is 12.4 Å². The molecular weight excluding hydrogens is 297 g/mol. The van der Waals surface area contributed by atoms with E-state index in [9.17, 15) is 9.18 Å². The van der Waals surface area contributed by atoms with Gasteiger partial charge in [-0.2, -0.15) is 0 Å². The maximum Gasteiger partial charge on any atom is 0.342 e. The molecule has 1 unspecified atom stereocenters. The van der Waals surface area contributed by atoms with Gasteiger partial charge in [0, 0.05) is 0 Å². The van der Waals surface area contributed by atoms with Crippen molar-refractivity contribution < 1.29 is 18.7 Å². The molecule has 6 heteroatoms. The fraction of sp³-hybridized carbons (Fsp3) is 0.533. The normalized spacial score (nSPS) is 13.8. The molecule has 1 rings (SSSR count). The molecule has 0 heterocycles. The molecule has 0 radical (unpaired) electrons. The molecule has 0 aromatic heterocycles. The van der Waals surface area contributed by atoms with E-state index in [-0.39, 0.29) is 24.6 Å². The Hall–Kier alpha value is -1.33. The largest absolute Gasteiger partial charge is 0.488 e. The van der Waals surface area contributed by atoms with Crippen LogP contribution in [-0.2, 0) is 9.53 Å². The SMILES string of the molecule is CCOC(=O)C(F)[C@@H](N)c1ccc(OC(C)(C)C)cc1.Cl. The molecule has 4 nitrogen and oxygen atoms in total. The summed E-state index contributed by atoms with van der Waals surface area (Å²) >= 11 is 0. The first-order valence-electron chi connectivity index (χ1n) is 6.60. The summed E-state index contributed by atoms with van der Waals surface area (Å²) in [6.07, 6.45) is -1.87. The van der Waals surface area contributed by atoms with Crippen molar-refractivity contribution in [2.24, 2.45) is 5.73 Å². The molecule has 2 atom stereocenters. The van der Waals surface area contributed by atoms with Crippen LogP contribution in [-0.4, -0.2) is 24.3 Å². The summed E-state index contributed by atoms with van der Waals surface area (Å²) in [5, 5.41) is 0. The zero-order valence-corrected chi connectivity index (χ0v) is 13.6. The summed E-state index contributed by atoms with van der Waals surface area (Å²) in [4.78, 5) is 11.3. The third kappa shape index (κ3) is 6.31. The number of alkyl halides is 1. The molecule has 0 spiro atoms. The third-order valence-electron chi connectivity index (χ3n) is 2.52. The predicted octanol–water partition coefficient (Wildman–Crippen LogP) is 3.19. The summed E-state index contributed by atoms with van der Waals surface area (Å²) in [5.74, 6) is -0.269. The van der Waals surface area contributed by atoms with E-state index >= 15 is 0 Å². The Morgan fingerprint density at radius 1 is 1.29 bits per heavy atom. The average molecular weight is 320 g/mol. The maximum atomic E-state index is 13.8. The van der Waals surface area contributed by atoms with Crippen LogP contribution in [0.1, 0.15) is 39.3 Å². The molecule has 0 aliphatic carbocycles. The summed E-state index contributed by atoms with van der Waals surface area (Å²) in [6, 6.07) is 5.67. The van der Waals surface area contributed by atoms with Crippen LogP contribution < -0.4 is 10.5 Å². The Bertz CT molecular complexity index is 445.